The molecule has 0 unspecified atom stereocenters. The molecule has 3 heterocycles. The number of carbonyl (C=O) groups is 1. The van der Waals surface area contributed by atoms with Crippen LogP contribution < -0.4 is 9.64 Å². The van der Waals surface area contributed by atoms with Crippen molar-refractivity contribution < 1.29 is 14.2 Å². The standard InChI is InChI=1S/C24H30N6O3/c1-16-13-21(29(4)5)26-23(25-16)24(3)11-8-12-30(15-24)22(31)18-9-6-7-10-20(18)32-14-19-17(2)27-33-28-19/h6-7,9-10,13H,8,11-12,14-15H2,1-5H3/t24-/m1/s1. The van der Waals surface area contributed by atoms with Gasteiger partial charge in [-0.15, -0.1) is 0 Å². The SMILES string of the molecule is Cc1cc(N(C)C)nc([C@]2(C)CCCN(C(=O)c3ccccc3OCc3nonc3C)C2)n1. The van der Waals surface area contributed by atoms with E-state index >= 15 is 0 Å². The zero-order valence-electron chi connectivity index (χ0n) is 19.8. The number of rotatable bonds is 6. The first-order valence-electron chi connectivity index (χ1n) is 11.1. The number of benzene rings is 1. The van der Waals surface area contributed by atoms with Crippen LogP contribution in [0.3, 0.4) is 0 Å². The molecule has 174 valence electrons. The first-order valence-corrected chi connectivity index (χ1v) is 11.1. The zero-order chi connectivity index (χ0) is 23.6. The molecule has 1 amide bonds. The Morgan fingerprint density at radius 3 is 2.73 bits per heavy atom. The topological polar surface area (TPSA) is 97.5 Å². The highest BCUT2D eigenvalue weighted by Gasteiger charge is 2.38. The van der Waals surface area contributed by atoms with Gasteiger partial charge in [-0.1, -0.05) is 29.4 Å². The van der Waals surface area contributed by atoms with Gasteiger partial charge in [-0.2, -0.15) is 0 Å². The molecule has 0 radical (unpaired) electrons. The van der Waals surface area contributed by atoms with Crippen molar-refractivity contribution in [3.05, 3.63) is 58.8 Å². The fraction of sp³-hybridized carbons (Fsp3) is 0.458. The first kappa shape index (κ1) is 22.7. The highest BCUT2D eigenvalue weighted by atomic mass is 16.6. The molecule has 0 aliphatic carbocycles. The Balaban J connectivity index is 1.56. The van der Waals surface area contributed by atoms with E-state index in [1.54, 1.807) is 19.1 Å². The van der Waals surface area contributed by atoms with Crippen LogP contribution in [0.2, 0.25) is 0 Å². The lowest BCUT2D eigenvalue weighted by atomic mass is 9.80. The van der Waals surface area contributed by atoms with Crippen molar-refractivity contribution >= 4 is 11.7 Å². The van der Waals surface area contributed by atoms with Crippen molar-refractivity contribution in [2.45, 2.75) is 45.6 Å². The number of nitrogens with zero attached hydrogens (tertiary/aromatic N) is 6. The number of likely N-dealkylation sites (tertiary alicyclic amines) is 1. The number of hydrogen-bond acceptors (Lipinski definition) is 8. The molecule has 1 aliphatic rings. The van der Waals surface area contributed by atoms with Crippen LogP contribution in [0.5, 0.6) is 5.75 Å². The van der Waals surface area contributed by atoms with Gasteiger partial charge in [0.1, 0.15) is 35.4 Å². The number of carbonyl (C=O) groups excluding carboxylic acids is 1. The van der Waals surface area contributed by atoms with Crippen LogP contribution in [-0.2, 0) is 12.0 Å². The van der Waals surface area contributed by atoms with Crippen LogP contribution in [0.15, 0.2) is 35.0 Å². The number of para-hydroxylation sites is 1. The summed E-state index contributed by atoms with van der Waals surface area (Å²) in [6.45, 7) is 7.33. The van der Waals surface area contributed by atoms with Crippen molar-refractivity contribution in [3.63, 3.8) is 0 Å². The third kappa shape index (κ3) is 4.81. The Hall–Kier alpha value is -3.49. The average Bonchev–Trinajstić information content (AvgIpc) is 3.21. The maximum atomic E-state index is 13.6. The van der Waals surface area contributed by atoms with Crippen LogP contribution in [-0.4, -0.2) is 58.3 Å². The Kier molecular flexibility index (Phi) is 6.31. The van der Waals surface area contributed by atoms with Gasteiger partial charge in [0, 0.05) is 44.4 Å². The Morgan fingerprint density at radius 1 is 1.21 bits per heavy atom. The molecule has 0 spiro atoms. The molecule has 0 saturated carbocycles. The van der Waals surface area contributed by atoms with Gasteiger partial charge in [0.25, 0.3) is 5.91 Å². The van der Waals surface area contributed by atoms with Crippen LogP contribution in [0, 0.1) is 13.8 Å². The molecule has 33 heavy (non-hydrogen) atoms. The second-order valence-corrected chi connectivity index (χ2v) is 9.06. The highest BCUT2D eigenvalue weighted by Crippen LogP contribution is 2.34. The summed E-state index contributed by atoms with van der Waals surface area (Å²) in [6.07, 6.45) is 1.80. The van der Waals surface area contributed by atoms with E-state index in [2.05, 4.69) is 17.2 Å². The molecule has 1 aromatic carbocycles. The molecule has 9 nitrogen and oxygen atoms in total. The number of piperidine rings is 1. The first-order chi connectivity index (χ1) is 15.8. The molecule has 3 aromatic rings. The Morgan fingerprint density at radius 2 is 2.00 bits per heavy atom. The molecular weight excluding hydrogens is 420 g/mol. The fourth-order valence-electron chi connectivity index (χ4n) is 4.11. The van der Waals surface area contributed by atoms with E-state index in [9.17, 15) is 4.79 Å². The summed E-state index contributed by atoms with van der Waals surface area (Å²) >= 11 is 0. The van der Waals surface area contributed by atoms with Crippen molar-refractivity contribution in [2.75, 3.05) is 32.1 Å². The van der Waals surface area contributed by atoms with E-state index in [-0.39, 0.29) is 17.9 Å². The van der Waals surface area contributed by atoms with Gasteiger partial charge in [-0.3, -0.25) is 4.79 Å². The minimum absolute atomic E-state index is 0.0630. The molecule has 1 aliphatic heterocycles. The van der Waals surface area contributed by atoms with E-state index in [1.165, 1.54) is 0 Å². The van der Waals surface area contributed by atoms with E-state index in [0.29, 0.717) is 35.8 Å². The number of anilines is 1. The van der Waals surface area contributed by atoms with Crippen LogP contribution in [0.4, 0.5) is 5.82 Å². The lowest BCUT2D eigenvalue weighted by Gasteiger charge is -2.40. The third-order valence-corrected chi connectivity index (χ3v) is 6.05. The van der Waals surface area contributed by atoms with E-state index in [0.717, 1.165) is 30.2 Å². The molecule has 1 saturated heterocycles. The number of aryl methyl sites for hydroxylation is 2. The summed E-state index contributed by atoms with van der Waals surface area (Å²) in [6, 6.07) is 9.26. The molecule has 9 heteroatoms. The minimum atomic E-state index is -0.329. The number of ether oxygens (including phenoxy) is 1. The monoisotopic (exact) mass is 450 g/mol. The normalized spacial score (nSPS) is 18.3. The summed E-state index contributed by atoms with van der Waals surface area (Å²) in [5.41, 5.74) is 2.39. The molecular formula is C24H30N6O3. The van der Waals surface area contributed by atoms with Crippen molar-refractivity contribution in [3.8, 4) is 5.75 Å². The zero-order valence-corrected chi connectivity index (χ0v) is 19.8. The molecule has 4 rings (SSSR count). The fourth-order valence-corrected chi connectivity index (χ4v) is 4.11. The molecule has 0 bridgehead atoms. The lowest BCUT2D eigenvalue weighted by molar-refractivity contribution is 0.0639. The van der Waals surface area contributed by atoms with Crippen LogP contribution in [0.1, 0.15) is 53.0 Å². The lowest BCUT2D eigenvalue weighted by Crippen LogP contribution is -2.48. The Labute approximate surface area is 193 Å². The van der Waals surface area contributed by atoms with Crippen molar-refractivity contribution in [1.82, 2.24) is 25.2 Å². The van der Waals surface area contributed by atoms with E-state index < -0.39 is 0 Å². The predicted molar refractivity (Wildman–Crippen MR) is 123 cm³/mol. The largest absolute Gasteiger partial charge is 0.486 e. The van der Waals surface area contributed by atoms with Crippen LogP contribution in [0.25, 0.3) is 0 Å². The van der Waals surface area contributed by atoms with Crippen LogP contribution >= 0.6 is 0 Å². The predicted octanol–water partition coefficient (Wildman–Crippen LogP) is 3.32. The molecule has 2 aromatic heterocycles. The second kappa shape index (κ2) is 9.17. The van der Waals surface area contributed by atoms with Gasteiger partial charge < -0.3 is 14.5 Å². The maximum Gasteiger partial charge on any atom is 0.257 e. The summed E-state index contributed by atoms with van der Waals surface area (Å²) in [7, 11) is 3.94. The smallest absolute Gasteiger partial charge is 0.257 e. The number of amides is 1. The maximum absolute atomic E-state index is 13.6. The van der Waals surface area contributed by atoms with Gasteiger partial charge in [-0.05, 0) is 38.8 Å². The third-order valence-electron chi connectivity index (χ3n) is 6.05. The summed E-state index contributed by atoms with van der Waals surface area (Å²) < 4.78 is 10.7. The summed E-state index contributed by atoms with van der Waals surface area (Å²) in [4.78, 5) is 27.0. The molecule has 1 atom stereocenters. The quantitative estimate of drug-likeness (QED) is 0.564. The van der Waals surface area contributed by atoms with E-state index in [1.807, 2.05) is 49.0 Å². The van der Waals surface area contributed by atoms with Crippen molar-refractivity contribution in [2.24, 2.45) is 0 Å². The van der Waals surface area contributed by atoms with Gasteiger partial charge >= 0.3 is 0 Å². The van der Waals surface area contributed by atoms with Gasteiger partial charge in [-0.25, -0.2) is 14.6 Å². The molecule has 1 fully saturated rings. The number of aromatic nitrogens is 4. The van der Waals surface area contributed by atoms with E-state index in [4.69, 9.17) is 19.3 Å². The van der Waals surface area contributed by atoms with Gasteiger partial charge in [0.15, 0.2) is 0 Å². The average molecular weight is 451 g/mol. The van der Waals surface area contributed by atoms with Gasteiger partial charge in [0.2, 0.25) is 0 Å². The Bertz CT molecular complexity index is 1140. The van der Waals surface area contributed by atoms with Gasteiger partial charge in [0.05, 0.1) is 5.56 Å². The molecule has 0 N–H and O–H groups in total. The summed E-state index contributed by atoms with van der Waals surface area (Å²) in [5.74, 6) is 2.10. The number of hydrogen-bond donors (Lipinski definition) is 0. The van der Waals surface area contributed by atoms with Crippen molar-refractivity contribution in [1.29, 1.82) is 0 Å². The highest BCUT2D eigenvalue weighted by molar-refractivity contribution is 5.97. The minimum Gasteiger partial charge on any atom is -0.486 e. The summed E-state index contributed by atoms with van der Waals surface area (Å²) in [5, 5.41) is 7.62. The second-order valence-electron chi connectivity index (χ2n) is 9.06.